The molecule has 0 atom stereocenters. The van der Waals surface area contributed by atoms with Gasteiger partial charge >= 0.3 is 0 Å². The lowest BCUT2D eigenvalue weighted by molar-refractivity contribution is 0.0495. The van der Waals surface area contributed by atoms with Crippen molar-refractivity contribution in [3.63, 3.8) is 0 Å². The molecule has 1 N–H and O–H groups in total. The van der Waals surface area contributed by atoms with Gasteiger partial charge in [0.05, 0.1) is 7.11 Å². The Morgan fingerprint density at radius 1 is 1.23 bits per heavy atom. The first-order valence-electron chi connectivity index (χ1n) is 7.97. The highest BCUT2D eigenvalue weighted by Gasteiger charge is 2.36. The van der Waals surface area contributed by atoms with Gasteiger partial charge in [0.2, 0.25) is 0 Å². The third-order valence-corrected chi connectivity index (χ3v) is 5.17. The first-order valence-corrected chi connectivity index (χ1v) is 7.97. The quantitative estimate of drug-likeness (QED) is 0.912. The van der Waals surface area contributed by atoms with E-state index < -0.39 is 5.82 Å². The Bertz CT molecular complexity index is 546. The van der Waals surface area contributed by atoms with E-state index in [1.807, 2.05) is 4.90 Å². The Morgan fingerprint density at radius 2 is 1.91 bits per heavy atom. The van der Waals surface area contributed by atoms with Crippen molar-refractivity contribution in [2.75, 3.05) is 33.3 Å². The molecule has 2 fully saturated rings. The molecule has 0 unspecified atom stereocenters. The number of halogens is 1. The van der Waals surface area contributed by atoms with Crippen LogP contribution in [0.3, 0.4) is 0 Å². The van der Waals surface area contributed by atoms with Crippen molar-refractivity contribution < 1.29 is 13.9 Å². The fourth-order valence-corrected chi connectivity index (χ4v) is 3.62. The van der Waals surface area contributed by atoms with Gasteiger partial charge in [0.25, 0.3) is 5.91 Å². The third-order valence-electron chi connectivity index (χ3n) is 5.17. The van der Waals surface area contributed by atoms with E-state index in [9.17, 15) is 9.18 Å². The average molecular weight is 306 g/mol. The van der Waals surface area contributed by atoms with Crippen LogP contribution in [-0.2, 0) is 0 Å². The van der Waals surface area contributed by atoms with E-state index in [0.29, 0.717) is 11.0 Å². The molecule has 0 bridgehead atoms. The predicted molar refractivity (Wildman–Crippen MR) is 82.6 cm³/mol. The normalized spacial score (nSPS) is 20.9. The van der Waals surface area contributed by atoms with Crippen molar-refractivity contribution in [3.8, 4) is 5.75 Å². The summed E-state index contributed by atoms with van der Waals surface area (Å²) >= 11 is 0. The SMILES string of the molecule is COc1cc(C(=O)N2CCC3(CCNCC3)CC2)ccc1F. The number of benzene rings is 1. The van der Waals surface area contributed by atoms with Crippen molar-refractivity contribution in [1.29, 1.82) is 0 Å². The Labute approximate surface area is 130 Å². The van der Waals surface area contributed by atoms with E-state index in [1.54, 1.807) is 0 Å². The van der Waals surface area contributed by atoms with Crippen molar-refractivity contribution in [2.45, 2.75) is 25.7 Å². The number of likely N-dealkylation sites (tertiary alicyclic amines) is 1. The molecule has 2 aliphatic heterocycles. The summed E-state index contributed by atoms with van der Waals surface area (Å²) in [6, 6.07) is 4.33. The van der Waals surface area contributed by atoms with Gasteiger partial charge in [-0.3, -0.25) is 4.79 Å². The number of nitrogens with zero attached hydrogens (tertiary/aromatic N) is 1. The monoisotopic (exact) mass is 306 g/mol. The molecule has 22 heavy (non-hydrogen) atoms. The van der Waals surface area contributed by atoms with Crippen molar-refractivity contribution >= 4 is 5.91 Å². The molecule has 2 aliphatic rings. The Kier molecular flexibility index (Phi) is 4.34. The van der Waals surface area contributed by atoms with Crippen molar-refractivity contribution in [1.82, 2.24) is 10.2 Å². The van der Waals surface area contributed by atoms with Crippen LogP contribution in [-0.4, -0.2) is 44.1 Å². The summed E-state index contributed by atoms with van der Waals surface area (Å²) in [5.41, 5.74) is 0.919. The summed E-state index contributed by atoms with van der Waals surface area (Å²) in [5.74, 6) is -0.342. The minimum atomic E-state index is -0.439. The summed E-state index contributed by atoms with van der Waals surface area (Å²) < 4.78 is 18.4. The fourth-order valence-electron chi connectivity index (χ4n) is 3.62. The number of ether oxygens (including phenoxy) is 1. The lowest BCUT2D eigenvalue weighted by Gasteiger charge is -2.44. The molecular formula is C17H23FN2O2. The van der Waals surface area contributed by atoms with E-state index in [2.05, 4.69) is 5.32 Å². The topological polar surface area (TPSA) is 41.6 Å². The fraction of sp³-hybridized carbons (Fsp3) is 0.588. The number of carbonyl (C=O) groups is 1. The molecule has 0 saturated carbocycles. The Balaban J connectivity index is 1.67. The summed E-state index contributed by atoms with van der Waals surface area (Å²) in [6.07, 6.45) is 4.55. The van der Waals surface area contributed by atoms with Crippen LogP contribution < -0.4 is 10.1 Å². The molecule has 3 rings (SSSR count). The predicted octanol–water partition coefficient (Wildman–Crippen LogP) is 2.44. The van der Waals surface area contributed by atoms with Crippen LogP contribution in [0.4, 0.5) is 4.39 Å². The first-order chi connectivity index (χ1) is 10.6. The number of carbonyl (C=O) groups excluding carboxylic acids is 1. The average Bonchev–Trinajstić information content (AvgIpc) is 2.56. The van der Waals surface area contributed by atoms with Crippen molar-refractivity contribution in [2.24, 2.45) is 5.41 Å². The zero-order chi connectivity index (χ0) is 15.6. The summed E-state index contributed by atoms with van der Waals surface area (Å²) in [7, 11) is 1.41. The molecule has 1 spiro atoms. The Hall–Kier alpha value is -1.62. The summed E-state index contributed by atoms with van der Waals surface area (Å²) in [5, 5.41) is 3.40. The number of piperidine rings is 2. The molecule has 0 radical (unpaired) electrons. The summed E-state index contributed by atoms with van der Waals surface area (Å²) in [6.45, 7) is 3.75. The standard InChI is InChI=1S/C17H23FN2O2/c1-22-15-12-13(2-3-14(15)18)16(21)20-10-6-17(7-11-20)4-8-19-9-5-17/h2-3,12,19H,4-11H2,1H3. The molecule has 120 valence electrons. The van der Waals surface area contributed by atoms with Crippen LogP contribution in [0.5, 0.6) is 5.75 Å². The van der Waals surface area contributed by atoms with Crippen LogP contribution >= 0.6 is 0 Å². The molecule has 5 heteroatoms. The molecule has 1 amide bonds. The van der Waals surface area contributed by atoms with Gasteiger partial charge in [0.1, 0.15) is 0 Å². The zero-order valence-corrected chi connectivity index (χ0v) is 13.0. The van der Waals surface area contributed by atoms with E-state index in [1.165, 1.54) is 38.2 Å². The Morgan fingerprint density at radius 3 is 2.55 bits per heavy atom. The second-order valence-corrected chi connectivity index (χ2v) is 6.39. The molecule has 2 heterocycles. The van der Waals surface area contributed by atoms with E-state index in [4.69, 9.17) is 4.74 Å². The number of methoxy groups -OCH3 is 1. The highest BCUT2D eigenvalue weighted by molar-refractivity contribution is 5.94. The van der Waals surface area contributed by atoms with Gasteiger partial charge in [-0.05, 0) is 62.4 Å². The minimum Gasteiger partial charge on any atom is -0.494 e. The largest absolute Gasteiger partial charge is 0.494 e. The smallest absolute Gasteiger partial charge is 0.253 e. The maximum Gasteiger partial charge on any atom is 0.253 e. The molecule has 1 aromatic rings. The number of hydrogen-bond donors (Lipinski definition) is 1. The van der Waals surface area contributed by atoms with Gasteiger partial charge in [0.15, 0.2) is 11.6 Å². The number of amides is 1. The van der Waals surface area contributed by atoms with E-state index >= 15 is 0 Å². The summed E-state index contributed by atoms with van der Waals surface area (Å²) in [4.78, 5) is 14.5. The van der Waals surface area contributed by atoms with Gasteiger partial charge in [-0.2, -0.15) is 0 Å². The van der Waals surface area contributed by atoms with Gasteiger partial charge in [-0.1, -0.05) is 0 Å². The number of nitrogens with one attached hydrogen (secondary N) is 1. The van der Waals surface area contributed by atoms with Gasteiger partial charge in [-0.25, -0.2) is 4.39 Å². The third kappa shape index (κ3) is 2.95. The highest BCUT2D eigenvalue weighted by atomic mass is 19.1. The maximum absolute atomic E-state index is 13.5. The van der Waals surface area contributed by atoms with Gasteiger partial charge in [0, 0.05) is 18.7 Å². The van der Waals surface area contributed by atoms with Crippen LogP contribution in [0, 0.1) is 11.2 Å². The number of hydrogen-bond acceptors (Lipinski definition) is 3. The molecule has 2 saturated heterocycles. The molecular weight excluding hydrogens is 283 g/mol. The van der Waals surface area contributed by atoms with Gasteiger partial charge < -0.3 is 15.0 Å². The first kappa shape index (κ1) is 15.3. The molecule has 0 aromatic heterocycles. The highest BCUT2D eigenvalue weighted by Crippen LogP contribution is 2.39. The lowest BCUT2D eigenvalue weighted by atomic mass is 9.71. The lowest BCUT2D eigenvalue weighted by Crippen LogP contribution is -2.47. The minimum absolute atomic E-state index is 0.0258. The van der Waals surface area contributed by atoms with E-state index in [-0.39, 0.29) is 11.7 Å². The number of rotatable bonds is 2. The van der Waals surface area contributed by atoms with Gasteiger partial charge in [-0.15, -0.1) is 0 Å². The molecule has 1 aromatic carbocycles. The maximum atomic E-state index is 13.5. The van der Waals surface area contributed by atoms with Crippen LogP contribution in [0.2, 0.25) is 0 Å². The molecule has 4 nitrogen and oxygen atoms in total. The zero-order valence-electron chi connectivity index (χ0n) is 13.0. The van der Waals surface area contributed by atoms with E-state index in [0.717, 1.165) is 39.0 Å². The van der Waals surface area contributed by atoms with Crippen LogP contribution in [0.15, 0.2) is 18.2 Å². The van der Waals surface area contributed by atoms with Crippen LogP contribution in [0.1, 0.15) is 36.0 Å². The van der Waals surface area contributed by atoms with Crippen LogP contribution in [0.25, 0.3) is 0 Å². The second-order valence-electron chi connectivity index (χ2n) is 6.39. The van der Waals surface area contributed by atoms with Crippen molar-refractivity contribution in [3.05, 3.63) is 29.6 Å². The molecule has 0 aliphatic carbocycles. The second kappa shape index (κ2) is 6.24.